The second-order valence-corrected chi connectivity index (χ2v) is 3.93. The van der Waals surface area contributed by atoms with Gasteiger partial charge in [0.2, 0.25) is 11.9 Å². The van der Waals surface area contributed by atoms with Crippen molar-refractivity contribution in [2.24, 2.45) is 5.84 Å². The summed E-state index contributed by atoms with van der Waals surface area (Å²) >= 11 is 0. The van der Waals surface area contributed by atoms with Crippen molar-refractivity contribution in [2.75, 3.05) is 23.4 Å². The first-order chi connectivity index (χ1) is 9.76. The van der Waals surface area contributed by atoms with E-state index in [2.05, 4.69) is 20.4 Å². The summed E-state index contributed by atoms with van der Waals surface area (Å²) < 4.78 is 10.7. The Labute approximate surface area is 116 Å². The molecule has 2 aromatic heterocycles. The van der Waals surface area contributed by atoms with Gasteiger partial charge in [0.05, 0.1) is 6.26 Å². The number of nitrogens with zero attached hydrogens (tertiary/aromatic N) is 4. The van der Waals surface area contributed by atoms with Crippen molar-refractivity contribution in [2.45, 2.75) is 20.5 Å². The number of hydrogen-bond donors (Lipinski definition) is 2. The predicted molar refractivity (Wildman–Crippen MR) is 74.2 cm³/mol. The number of ether oxygens (including phenoxy) is 1. The molecule has 0 atom stereocenters. The first-order valence-corrected chi connectivity index (χ1v) is 6.39. The number of furan rings is 1. The average molecular weight is 278 g/mol. The normalized spacial score (nSPS) is 10.3. The van der Waals surface area contributed by atoms with Gasteiger partial charge in [-0.25, -0.2) is 5.84 Å². The van der Waals surface area contributed by atoms with Gasteiger partial charge in [-0.2, -0.15) is 15.0 Å². The molecule has 0 aliphatic heterocycles. The number of rotatable bonds is 7. The third-order valence-electron chi connectivity index (χ3n) is 2.70. The summed E-state index contributed by atoms with van der Waals surface area (Å²) in [5.41, 5.74) is 2.41. The van der Waals surface area contributed by atoms with Crippen molar-refractivity contribution in [3.63, 3.8) is 0 Å². The van der Waals surface area contributed by atoms with Crippen LogP contribution in [0.25, 0.3) is 0 Å². The highest BCUT2D eigenvalue weighted by Gasteiger charge is 2.12. The van der Waals surface area contributed by atoms with E-state index >= 15 is 0 Å². The fourth-order valence-corrected chi connectivity index (χ4v) is 1.65. The molecule has 3 N–H and O–H groups in total. The quantitative estimate of drug-likeness (QED) is 0.575. The number of nitrogen functional groups attached to an aromatic ring is 1. The van der Waals surface area contributed by atoms with Crippen LogP contribution in [0.3, 0.4) is 0 Å². The topological polar surface area (TPSA) is 102 Å². The zero-order valence-electron chi connectivity index (χ0n) is 11.5. The summed E-state index contributed by atoms with van der Waals surface area (Å²) in [6, 6.07) is 3.81. The molecule has 0 aromatic carbocycles. The van der Waals surface area contributed by atoms with Crippen molar-refractivity contribution in [3.8, 4) is 6.01 Å². The lowest BCUT2D eigenvalue weighted by molar-refractivity contribution is 0.250. The zero-order chi connectivity index (χ0) is 14.4. The number of anilines is 2. The van der Waals surface area contributed by atoms with Crippen LogP contribution >= 0.6 is 0 Å². The fourth-order valence-electron chi connectivity index (χ4n) is 1.65. The predicted octanol–water partition coefficient (Wildman–Crippen LogP) is 1.18. The van der Waals surface area contributed by atoms with Crippen LogP contribution in [0, 0.1) is 0 Å². The Bertz CT molecular complexity index is 527. The average Bonchev–Trinajstić information content (AvgIpc) is 2.99. The molecule has 0 bridgehead atoms. The lowest BCUT2D eigenvalue weighted by Gasteiger charge is -2.19. The first kappa shape index (κ1) is 14.1. The monoisotopic (exact) mass is 278 g/mol. The standard InChI is InChI=1S/C12H18N6O2/c1-3-18(4-2)11-14-10(17-13)15-12(16-11)20-8-9-6-5-7-19-9/h5-7H,3-4,8,13H2,1-2H3,(H,14,15,16,17). The van der Waals surface area contributed by atoms with E-state index in [0.717, 1.165) is 13.1 Å². The Morgan fingerprint density at radius 1 is 1.30 bits per heavy atom. The van der Waals surface area contributed by atoms with Crippen molar-refractivity contribution < 1.29 is 9.15 Å². The van der Waals surface area contributed by atoms with Crippen LogP contribution in [-0.4, -0.2) is 28.0 Å². The molecule has 8 nitrogen and oxygen atoms in total. The van der Waals surface area contributed by atoms with Gasteiger partial charge in [-0.15, -0.1) is 0 Å². The maximum Gasteiger partial charge on any atom is 0.323 e. The third-order valence-corrected chi connectivity index (χ3v) is 2.70. The van der Waals surface area contributed by atoms with E-state index in [9.17, 15) is 0 Å². The summed E-state index contributed by atoms with van der Waals surface area (Å²) in [7, 11) is 0. The Kier molecular flexibility index (Phi) is 4.72. The zero-order valence-corrected chi connectivity index (χ0v) is 11.5. The largest absolute Gasteiger partial charge is 0.466 e. The summed E-state index contributed by atoms with van der Waals surface area (Å²) in [6.45, 7) is 5.85. The third kappa shape index (κ3) is 3.35. The summed E-state index contributed by atoms with van der Waals surface area (Å²) in [5.74, 6) is 6.84. The molecule has 2 aromatic rings. The molecule has 20 heavy (non-hydrogen) atoms. The lowest BCUT2D eigenvalue weighted by Crippen LogP contribution is -2.25. The minimum atomic E-state index is 0.200. The van der Waals surface area contributed by atoms with Crippen molar-refractivity contribution in [1.82, 2.24) is 15.0 Å². The highest BCUT2D eigenvalue weighted by Crippen LogP contribution is 2.15. The molecule has 0 amide bonds. The molecule has 108 valence electrons. The van der Waals surface area contributed by atoms with Crippen LogP contribution in [0.1, 0.15) is 19.6 Å². The Morgan fingerprint density at radius 3 is 2.70 bits per heavy atom. The van der Waals surface area contributed by atoms with Gasteiger partial charge in [0.15, 0.2) is 0 Å². The molecule has 8 heteroatoms. The summed E-state index contributed by atoms with van der Waals surface area (Å²) in [5, 5.41) is 0. The fraction of sp³-hybridized carbons (Fsp3) is 0.417. The van der Waals surface area contributed by atoms with E-state index < -0.39 is 0 Å². The summed E-state index contributed by atoms with van der Waals surface area (Å²) in [4.78, 5) is 14.5. The summed E-state index contributed by atoms with van der Waals surface area (Å²) in [6.07, 6.45) is 1.58. The van der Waals surface area contributed by atoms with Gasteiger partial charge in [0.1, 0.15) is 12.4 Å². The van der Waals surface area contributed by atoms with Crippen LogP contribution in [0.2, 0.25) is 0 Å². The Morgan fingerprint density at radius 2 is 2.10 bits per heavy atom. The van der Waals surface area contributed by atoms with Gasteiger partial charge < -0.3 is 14.1 Å². The minimum Gasteiger partial charge on any atom is -0.466 e. The van der Waals surface area contributed by atoms with Crippen molar-refractivity contribution >= 4 is 11.9 Å². The van der Waals surface area contributed by atoms with Gasteiger partial charge in [-0.1, -0.05) is 0 Å². The first-order valence-electron chi connectivity index (χ1n) is 6.39. The maximum absolute atomic E-state index is 5.49. The Balaban J connectivity index is 2.16. The van der Waals surface area contributed by atoms with Gasteiger partial charge in [-0.05, 0) is 26.0 Å². The molecule has 0 spiro atoms. The van der Waals surface area contributed by atoms with Gasteiger partial charge in [-0.3, -0.25) is 5.43 Å². The van der Waals surface area contributed by atoms with Crippen LogP contribution in [0.5, 0.6) is 6.01 Å². The lowest BCUT2D eigenvalue weighted by atomic mass is 10.5. The smallest absolute Gasteiger partial charge is 0.323 e. The van der Waals surface area contributed by atoms with Gasteiger partial charge in [0.25, 0.3) is 0 Å². The number of hydrogen-bond acceptors (Lipinski definition) is 8. The Hall–Kier alpha value is -2.35. The van der Waals surface area contributed by atoms with E-state index in [-0.39, 0.29) is 18.6 Å². The van der Waals surface area contributed by atoms with Crippen LogP contribution < -0.4 is 20.9 Å². The molecule has 2 rings (SSSR count). The molecule has 0 fully saturated rings. The number of nitrogens with one attached hydrogen (secondary N) is 1. The molecule has 0 radical (unpaired) electrons. The van der Waals surface area contributed by atoms with E-state index in [0.29, 0.717) is 11.7 Å². The molecule has 0 aliphatic carbocycles. The molecular weight excluding hydrogens is 260 g/mol. The van der Waals surface area contributed by atoms with Crippen LogP contribution in [0.4, 0.5) is 11.9 Å². The maximum atomic E-state index is 5.49. The van der Waals surface area contributed by atoms with E-state index in [1.165, 1.54) is 0 Å². The number of nitrogens with two attached hydrogens (primary N) is 1. The molecular formula is C12H18N6O2. The molecule has 2 heterocycles. The van der Waals surface area contributed by atoms with Crippen molar-refractivity contribution in [3.05, 3.63) is 24.2 Å². The van der Waals surface area contributed by atoms with Gasteiger partial charge in [0, 0.05) is 13.1 Å². The van der Waals surface area contributed by atoms with Gasteiger partial charge >= 0.3 is 6.01 Å². The molecule has 0 saturated heterocycles. The number of hydrazine groups is 1. The van der Waals surface area contributed by atoms with Crippen LogP contribution in [-0.2, 0) is 6.61 Å². The van der Waals surface area contributed by atoms with Crippen LogP contribution in [0.15, 0.2) is 22.8 Å². The van der Waals surface area contributed by atoms with E-state index in [4.69, 9.17) is 15.0 Å². The highest BCUT2D eigenvalue weighted by molar-refractivity contribution is 5.37. The molecule has 0 aliphatic rings. The van der Waals surface area contributed by atoms with Crippen molar-refractivity contribution in [1.29, 1.82) is 0 Å². The molecule has 0 unspecified atom stereocenters. The van der Waals surface area contributed by atoms with E-state index in [1.807, 2.05) is 24.8 Å². The second kappa shape index (κ2) is 6.71. The number of aromatic nitrogens is 3. The minimum absolute atomic E-state index is 0.200. The highest BCUT2D eigenvalue weighted by atomic mass is 16.5. The van der Waals surface area contributed by atoms with E-state index in [1.54, 1.807) is 12.3 Å². The SMILES string of the molecule is CCN(CC)c1nc(NN)nc(OCc2ccco2)n1. The second-order valence-electron chi connectivity index (χ2n) is 3.93. The molecule has 0 saturated carbocycles.